The molecule has 3 saturated heterocycles. The Morgan fingerprint density at radius 3 is 2.46 bits per heavy atom. The maximum Gasteiger partial charge on any atom is 0.304 e. The highest BCUT2D eigenvalue weighted by atomic mass is 19.1. The van der Waals surface area contributed by atoms with Crippen LogP contribution in [0.5, 0.6) is 0 Å². The van der Waals surface area contributed by atoms with Gasteiger partial charge in [-0.2, -0.15) is 0 Å². The van der Waals surface area contributed by atoms with E-state index < -0.39 is 17.8 Å². The number of morpholine rings is 1. The second kappa shape index (κ2) is 13.0. The van der Waals surface area contributed by atoms with Gasteiger partial charge >= 0.3 is 5.91 Å². The third kappa shape index (κ3) is 7.03. The fourth-order valence-corrected chi connectivity index (χ4v) is 5.26. The van der Waals surface area contributed by atoms with Gasteiger partial charge < -0.3 is 24.1 Å². The van der Waals surface area contributed by atoms with E-state index in [4.69, 9.17) is 13.9 Å². The normalized spacial score (nSPS) is 22.1. The smallest absolute Gasteiger partial charge is 0.304 e. The molecule has 2 unspecified atom stereocenters. The van der Waals surface area contributed by atoms with Crippen molar-refractivity contribution in [2.45, 2.75) is 31.5 Å². The van der Waals surface area contributed by atoms with Gasteiger partial charge in [-0.3, -0.25) is 19.5 Å². The molecule has 3 aliphatic rings. The zero-order valence-corrected chi connectivity index (χ0v) is 22.5. The molecule has 212 valence electrons. The van der Waals surface area contributed by atoms with E-state index in [2.05, 4.69) is 15.1 Å². The monoisotopic (exact) mass is 543 g/mol. The summed E-state index contributed by atoms with van der Waals surface area (Å²) in [6.45, 7) is 7.13. The molecule has 2 atom stereocenters. The minimum absolute atomic E-state index is 0.0524. The lowest BCUT2D eigenvalue weighted by Gasteiger charge is -2.43. The van der Waals surface area contributed by atoms with Crippen molar-refractivity contribution in [2.75, 3.05) is 72.7 Å². The summed E-state index contributed by atoms with van der Waals surface area (Å²) in [4.78, 5) is 32.3. The third-order valence-electron chi connectivity index (χ3n) is 7.55. The summed E-state index contributed by atoms with van der Waals surface area (Å²) in [6.07, 6.45) is 1.78. The van der Waals surface area contributed by atoms with E-state index in [-0.39, 0.29) is 17.8 Å². The Balaban J connectivity index is 1.43. The summed E-state index contributed by atoms with van der Waals surface area (Å²) >= 11 is 0. The molecule has 2 amide bonds. The molecule has 2 aromatic rings. The summed E-state index contributed by atoms with van der Waals surface area (Å²) in [5.74, 6) is -0.316. The van der Waals surface area contributed by atoms with Crippen LogP contribution in [0.15, 0.2) is 40.8 Å². The van der Waals surface area contributed by atoms with Gasteiger partial charge in [0.1, 0.15) is 11.6 Å². The fourth-order valence-electron chi connectivity index (χ4n) is 5.26. The number of carbonyl (C=O) groups excluding carboxylic acids is 2. The first-order valence-electron chi connectivity index (χ1n) is 13.8. The van der Waals surface area contributed by atoms with Crippen LogP contribution in [0.1, 0.15) is 40.8 Å². The number of piperazine rings is 1. The quantitative estimate of drug-likeness (QED) is 0.513. The van der Waals surface area contributed by atoms with E-state index in [1.807, 2.05) is 18.1 Å². The van der Waals surface area contributed by atoms with Gasteiger partial charge in [0.15, 0.2) is 11.8 Å². The molecule has 5 rings (SSSR count). The molecule has 0 spiro atoms. The maximum atomic E-state index is 14.1. The van der Waals surface area contributed by atoms with Crippen LogP contribution in [-0.4, -0.2) is 110 Å². The SMILES string of the molecule is CN1CCN(N(C(=O)c2ccc(CN3CCOCC3)o2)C(C(=O)NCC2CCCO2)c2ccc(F)cc2)CC1. The van der Waals surface area contributed by atoms with Gasteiger partial charge in [0.05, 0.1) is 25.9 Å². The lowest BCUT2D eigenvalue weighted by molar-refractivity contribution is -0.135. The largest absolute Gasteiger partial charge is 0.454 e. The van der Waals surface area contributed by atoms with Crippen molar-refractivity contribution in [3.63, 3.8) is 0 Å². The van der Waals surface area contributed by atoms with Gasteiger partial charge in [0, 0.05) is 52.4 Å². The second-order valence-corrected chi connectivity index (χ2v) is 10.4. The summed E-state index contributed by atoms with van der Waals surface area (Å²) in [5.41, 5.74) is 0.522. The van der Waals surface area contributed by atoms with E-state index >= 15 is 0 Å². The van der Waals surface area contributed by atoms with Crippen LogP contribution in [-0.2, 0) is 20.8 Å². The summed E-state index contributed by atoms with van der Waals surface area (Å²) in [6, 6.07) is 8.24. The number of ether oxygens (including phenoxy) is 2. The Morgan fingerprint density at radius 1 is 1.03 bits per heavy atom. The number of hydrogen-bond donors (Lipinski definition) is 1. The predicted octanol–water partition coefficient (Wildman–Crippen LogP) is 1.89. The van der Waals surface area contributed by atoms with E-state index in [0.29, 0.717) is 57.3 Å². The molecule has 3 fully saturated rings. The van der Waals surface area contributed by atoms with E-state index in [1.165, 1.54) is 17.1 Å². The van der Waals surface area contributed by atoms with Gasteiger partial charge in [-0.25, -0.2) is 9.40 Å². The Bertz CT molecular complexity index is 1090. The van der Waals surface area contributed by atoms with Gasteiger partial charge in [-0.1, -0.05) is 12.1 Å². The summed E-state index contributed by atoms with van der Waals surface area (Å²) < 4.78 is 31.0. The average Bonchev–Trinajstić information content (AvgIpc) is 3.65. The van der Waals surface area contributed by atoms with E-state index in [1.54, 1.807) is 18.2 Å². The van der Waals surface area contributed by atoms with Crippen LogP contribution in [0.2, 0.25) is 0 Å². The highest BCUT2D eigenvalue weighted by Crippen LogP contribution is 2.28. The van der Waals surface area contributed by atoms with Crippen LogP contribution in [0, 0.1) is 5.82 Å². The molecule has 0 radical (unpaired) electrons. The summed E-state index contributed by atoms with van der Waals surface area (Å²) in [7, 11) is 2.03. The number of amides is 2. The first-order chi connectivity index (χ1) is 19.0. The molecule has 0 aliphatic carbocycles. The number of likely N-dealkylation sites (N-methyl/N-ethyl adjacent to an activating group) is 1. The van der Waals surface area contributed by atoms with E-state index in [0.717, 1.165) is 39.0 Å². The molecular formula is C28H38FN5O5. The number of hydrazine groups is 1. The topological polar surface area (TPSA) is 90.7 Å². The molecular weight excluding hydrogens is 505 g/mol. The molecule has 0 saturated carbocycles. The number of benzene rings is 1. The van der Waals surface area contributed by atoms with Crippen molar-refractivity contribution >= 4 is 11.8 Å². The highest BCUT2D eigenvalue weighted by molar-refractivity contribution is 5.95. The van der Waals surface area contributed by atoms with Crippen molar-refractivity contribution in [3.05, 3.63) is 59.3 Å². The van der Waals surface area contributed by atoms with Crippen LogP contribution < -0.4 is 5.32 Å². The molecule has 1 aromatic carbocycles. The fraction of sp³-hybridized carbons (Fsp3) is 0.571. The number of nitrogens with one attached hydrogen (secondary N) is 1. The molecule has 1 N–H and O–H groups in total. The molecule has 10 nitrogen and oxygen atoms in total. The zero-order valence-electron chi connectivity index (χ0n) is 22.5. The molecule has 0 bridgehead atoms. The third-order valence-corrected chi connectivity index (χ3v) is 7.55. The van der Waals surface area contributed by atoms with Gasteiger partial charge in [0.2, 0.25) is 5.91 Å². The van der Waals surface area contributed by atoms with Crippen LogP contribution in [0.25, 0.3) is 0 Å². The standard InChI is InChI=1S/C28H38FN5O5/c1-31-10-12-33(13-11-31)34(28(36)25-9-8-24(39-25)20-32-14-17-37-18-15-32)26(21-4-6-22(29)7-5-21)27(35)30-19-23-3-2-16-38-23/h4-9,23,26H,2-3,10-20H2,1H3,(H,30,35). The van der Waals surface area contributed by atoms with Gasteiger partial charge in [-0.05, 0) is 49.7 Å². The predicted molar refractivity (Wildman–Crippen MR) is 141 cm³/mol. The van der Waals surface area contributed by atoms with Crippen LogP contribution >= 0.6 is 0 Å². The van der Waals surface area contributed by atoms with Crippen molar-refractivity contribution in [2.24, 2.45) is 0 Å². The highest BCUT2D eigenvalue weighted by Gasteiger charge is 2.39. The average molecular weight is 544 g/mol. The number of rotatable bonds is 9. The molecule has 39 heavy (non-hydrogen) atoms. The zero-order chi connectivity index (χ0) is 27.2. The van der Waals surface area contributed by atoms with Crippen molar-refractivity contribution in [3.8, 4) is 0 Å². The number of halogens is 1. The van der Waals surface area contributed by atoms with Gasteiger partial charge in [0.25, 0.3) is 0 Å². The summed E-state index contributed by atoms with van der Waals surface area (Å²) in [5, 5.41) is 6.41. The first-order valence-corrected chi connectivity index (χ1v) is 13.8. The number of furan rings is 1. The molecule has 4 heterocycles. The minimum atomic E-state index is -1.00. The Labute approximate surface area is 228 Å². The molecule has 1 aromatic heterocycles. The molecule has 11 heteroatoms. The lowest BCUT2D eigenvalue weighted by atomic mass is 10.0. The van der Waals surface area contributed by atoms with Crippen molar-refractivity contribution in [1.29, 1.82) is 0 Å². The van der Waals surface area contributed by atoms with Crippen molar-refractivity contribution in [1.82, 2.24) is 25.1 Å². The van der Waals surface area contributed by atoms with Crippen LogP contribution in [0.4, 0.5) is 4.39 Å². The lowest BCUT2D eigenvalue weighted by Crippen LogP contribution is -2.58. The Morgan fingerprint density at radius 2 is 1.77 bits per heavy atom. The maximum absolute atomic E-state index is 14.1. The second-order valence-electron chi connectivity index (χ2n) is 10.4. The Kier molecular flexibility index (Phi) is 9.25. The van der Waals surface area contributed by atoms with E-state index in [9.17, 15) is 14.0 Å². The van der Waals surface area contributed by atoms with Crippen LogP contribution in [0.3, 0.4) is 0 Å². The minimum Gasteiger partial charge on any atom is -0.454 e. The number of nitrogens with zero attached hydrogens (tertiary/aromatic N) is 4. The Hall–Kier alpha value is -2.83. The first kappa shape index (κ1) is 27.7. The number of carbonyl (C=O) groups is 2. The molecule has 3 aliphatic heterocycles. The number of hydrogen-bond acceptors (Lipinski definition) is 8. The van der Waals surface area contributed by atoms with Crippen molar-refractivity contribution < 1.29 is 27.9 Å². The van der Waals surface area contributed by atoms with Gasteiger partial charge in [-0.15, -0.1) is 0 Å².